The normalized spacial score (nSPS) is 10.0. The van der Waals surface area contributed by atoms with Crippen molar-refractivity contribution in [3.63, 3.8) is 0 Å². The van der Waals surface area contributed by atoms with Crippen LogP contribution in [0.25, 0.3) is 0 Å². The van der Waals surface area contributed by atoms with Crippen molar-refractivity contribution in [2.45, 2.75) is 0 Å². The molecule has 0 aliphatic heterocycles. The maximum absolute atomic E-state index is 11.6. The van der Waals surface area contributed by atoms with Crippen molar-refractivity contribution in [1.29, 1.82) is 0 Å². The second-order valence-corrected chi connectivity index (χ2v) is 4.31. The van der Waals surface area contributed by atoms with Crippen molar-refractivity contribution in [2.75, 3.05) is 19.8 Å². The number of carbonyl (C=O) groups excluding carboxylic acids is 1. The number of hydrogen-bond donors (Lipinski definition) is 1. The zero-order chi connectivity index (χ0) is 10.9. The summed E-state index contributed by atoms with van der Waals surface area (Å²) in [7, 11) is 3.36. The number of carbonyl (C=O) groups is 1. The number of amides is 1. The molecule has 1 amide bonds. The molecule has 14 heavy (non-hydrogen) atoms. The summed E-state index contributed by atoms with van der Waals surface area (Å²) in [5.74, 6) is -0.104. The van der Waals surface area contributed by atoms with E-state index in [1.165, 1.54) is 4.90 Å². The second-order valence-electron chi connectivity index (χ2n) is 3.05. The van der Waals surface area contributed by atoms with Crippen LogP contribution in [0.15, 0.2) is 16.6 Å². The monoisotopic (exact) mass is 276 g/mol. The standard InChI is InChI=1S/C9H10BrClN2O/c1-13(2)9(14)5-3-6(10)8(12)7(11)4-5/h3-4H,12H2,1-2H3. The minimum Gasteiger partial charge on any atom is -0.397 e. The van der Waals surface area contributed by atoms with Crippen LogP contribution in [0, 0.1) is 0 Å². The lowest BCUT2D eigenvalue weighted by Crippen LogP contribution is -2.21. The fourth-order valence-electron chi connectivity index (χ4n) is 0.966. The maximum atomic E-state index is 11.6. The molecule has 0 saturated carbocycles. The Kier molecular flexibility index (Phi) is 3.39. The van der Waals surface area contributed by atoms with Crippen LogP contribution in [0.4, 0.5) is 5.69 Å². The van der Waals surface area contributed by atoms with Crippen molar-refractivity contribution in [3.8, 4) is 0 Å². The molecule has 0 aliphatic carbocycles. The van der Waals surface area contributed by atoms with E-state index in [-0.39, 0.29) is 5.91 Å². The predicted molar refractivity (Wildman–Crippen MR) is 61.6 cm³/mol. The van der Waals surface area contributed by atoms with Gasteiger partial charge >= 0.3 is 0 Å². The van der Waals surface area contributed by atoms with Gasteiger partial charge in [-0.1, -0.05) is 11.6 Å². The molecule has 1 aromatic carbocycles. The molecular formula is C9H10BrClN2O. The highest BCUT2D eigenvalue weighted by Crippen LogP contribution is 2.29. The van der Waals surface area contributed by atoms with Crippen molar-refractivity contribution in [1.82, 2.24) is 4.90 Å². The molecule has 0 fully saturated rings. The van der Waals surface area contributed by atoms with Gasteiger partial charge in [0.05, 0.1) is 10.7 Å². The molecule has 0 bridgehead atoms. The van der Waals surface area contributed by atoms with Gasteiger partial charge in [-0.15, -0.1) is 0 Å². The number of hydrogen-bond acceptors (Lipinski definition) is 2. The largest absolute Gasteiger partial charge is 0.397 e. The number of benzene rings is 1. The van der Waals surface area contributed by atoms with Crippen LogP contribution in [0.2, 0.25) is 5.02 Å². The summed E-state index contributed by atoms with van der Waals surface area (Å²) < 4.78 is 0.634. The summed E-state index contributed by atoms with van der Waals surface area (Å²) in [4.78, 5) is 13.0. The van der Waals surface area contributed by atoms with Crippen LogP contribution in [-0.4, -0.2) is 24.9 Å². The van der Waals surface area contributed by atoms with Crippen LogP contribution in [0.1, 0.15) is 10.4 Å². The van der Waals surface area contributed by atoms with E-state index < -0.39 is 0 Å². The third-order valence-electron chi connectivity index (χ3n) is 1.73. The van der Waals surface area contributed by atoms with Gasteiger partial charge in [-0.25, -0.2) is 0 Å². The van der Waals surface area contributed by atoms with Crippen LogP contribution in [-0.2, 0) is 0 Å². The number of nitrogens with zero attached hydrogens (tertiary/aromatic N) is 1. The summed E-state index contributed by atoms with van der Waals surface area (Å²) in [6.07, 6.45) is 0. The van der Waals surface area contributed by atoms with Crippen LogP contribution >= 0.6 is 27.5 Å². The Morgan fingerprint density at radius 1 is 1.50 bits per heavy atom. The second kappa shape index (κ2) is 4.19. The van der Waals surface area contributed by atoms with Gasteiger partial charge in [0.15, 0.2) is 0 Å². The molecule has 0 saturated heterocycles. The number of nitrogen functional groups attached to an aromatic ring is 1. The van der Waals surface area contributed by atoms with Crippen molar-refractivity contribution in [3.05, 3.63) is 27.2 Å². The lowest BCUT2D eigenvalue weighted by Gasteiger charge is -2.11. The summed E-state index contributed by atoms with van der Waals surface area (Å²) in [6, 6.07) is 3.22. The van der Waals surface area contributed by atoms with Gasteiger partial charge in [0.25, 0.3) is 5.91 Å². The molecule has 0 aliphatic rings. The fraction of sp³-hybridized carbons (Fsp3) is 0.222. The Labute approximate surface area is 96.0 Å². The Morgan fingerprint density at radius 2 is 2.07 bits per heavy atom. The fourth-order valence-corrected chi connectivity index (χ4v) is 1.76. The van der Waals surface area contributed by atoms with Gasteiger partial charge in [-0.2, -0.15) is 0 Å². The number of anilines is 1. The molecule has 5 heteroatoms. The highest BCUT2D eigenvalue weighted by atomic mass is 79.9. The van der Waals surface area contributed by atoms with Gasteiger partial charge in [0, 0.05) is 24.1 Å². The molecule has 76 valence electrons. The van der Waals surface area contributed by atoms with Crippen LogP contribution < -0.4 is 5.73 Å². The van der Waals surface area contributed by atoms with E-state index in [2.05, 4.69) is 15.9 Å². The van der Waals surface area contributed by atoms with E-state index in [1.54, 1.807) is 26.2 Å². The molecular weight excluding hydrogens is 267 g/mol. The highest BCUT2D eigenvalue weighted by molar-refractivity contribution is 9.10. The Bertz CT molecular complexity index is 356. The zero-order valence-electron chi connectivity index (χ0n) is 7.84. The minimum absolute atomic E-state index is 0.104. The van der Waals surface area contributed by atoms with Gasteiger partial charge < -0.3 is 10.6 Å². The van der Waals surface area contributed by atoms with Crippen molar-refractivity contribution >= 4 is 39.1 Å². The lowest BCUT2D eigenvalue weighted by molar-refractivity contribution is 0.0827. The molecule has 3 nitrogen and oxygen atoms in total. The number of rotatable bonds is 1. The zero-order valence-corrected chi connectivity index (χ0v) is 10.2. The first-order valence-corrected chi connectivity index (χ1v) is 5.06. The first-order valence-electron chi connectivity index (χ1n) is 3.89. The number of nitrogens with two attached hydrogens (primary N) is 1. The van der Waals surface area contributed by atoms with Gasteiger partial charge in [-0.3, -0.25) is 4.79 Å². The Balaban J connectivity index is 3.19. The summed E-state index contributed by atoms with van der Waals surface area (Å²) in [6.45, 7) is 0. The first-order chi connectivity index (χ1) is 6.43. The summed E-state index contributed by atoms with van der Waals surface area (Å²) >= 11 is 9.08. The minimum atomic E-state index is -0.104. The molecule has 0 atom stereocenters. The van der Waals surface area contributed by atoms with Gasteiger partial charge in [0.2, 0.25) is 0 Å². The molecule has 0 unspecified atom stereocenters. The van der Waals surface area contributed by atoms with Crippen molar-refractivity contribution in [2.24, 2.45) is 0 Å². The smallest absolute Gasteiger partial charge is 0.253 e. The van der Waals surface area contributed by atoms with Gasteiger partial charge in [-0.05, 0) is 28.1 Å². The SMILES string of the molecule is CN(C)C(=O)c1cc(Cl)c(N)c(Br)c1. The average Bonchev–Trinajstić information content (AvgIpc) is 2.12. The van der Waals surface area contributed by atoms with E-state index >= 15 is 0 Å². The predicted octanol–water partition coefficient (Wildman–Crippen LogP) is 2.39. The average molecular weight is 278 g/mol. The molecule has 1 aromatic rings. The Hall–Kier alpha value is -0.740. The molecule has 0 heterocycles. The van der Waals surface area contributed by atoms with Crippen LogP contribution in [0.5, 0.6) is 0 Å². The molecule has 0 radical (unpaired) electrons. The first kappa shape index (κ1) is 11.3. The van der Waals surface area contributed by atoms with E-state index in [0.717, 1.165) is 0 Å². The quantitative estimate of drug-likeness (QED) is 0.801. The summed E-state index contributed by atoms with van der Waals surface area (Å²) in [5, 5.41) is 0.379. The third-order valence-corrected chi connectivity index (χ3v) is 2.70. The number of halogens is 2. The Morgan fingerprint density at radius 3 is 2.50 bits per heavy atom. The van der Waals surface area contributed by atoms with E-state index in [4.69, 9.17) is 17.3 Å². The maximum Gasteiger partial charge on any atom is 0.253 e. The third kappa shape index (κ3) is 2.19. The molecule has 0 aromatic heterocycles. The van der Waals surface area contributed by atoms with Crippen LogP contribution in [0.3, 0.4) is 0 Å². The highest BCUT2D eigenvalue weighted by Gasteiger charge is 2.12. The topological polar surface area (TPSA) is 46.3 Å². The van der Waals surface area contributed by atoms with Gasteiger partial charge in [0.1, 0.15) is 0 Å². The van der Waals surface area contributed by atoms with Crippen molar-refractivity contribution < 1.29 is 4.79 Å². The van der Waals surface area contributed by atoms with E-state index in [9.17, 15) is 4.79 Å². The molecule has 2 N–H and O–H groups in total. The van der Waals surface area contributed by atoms with E-state index in [1.807, 2.05) is 0 Å². The lowest BCUT2D eigenvalue weighted by atomic mass is 10.2. The molecule has 0 spiro atoms. The summed E-state index contributed by atoms with van der Waals surface area (Å²) in [5.41, 5.74) is 6.58. The molecule has 1 rings (SSSR count). The van der Waals surface area contributed by atoms with E-state index in [0.29, 0.717) is 20.7 Å².